The summed E-state index contributed by atoms with van der Waals surface area (Å²) in [7, 11) is 0. The average molecular weight is 352 g/mol. The van der Waals surface area contributed by atoms with Gasteiger partial charge >= 0.3 is 0 Å². The zero-order chi connectivity index (χ0) is 17.1. The Morgan fingerprint density at radius 3 is 2.72 bits per heavy atom. The van der Waals surface area contributed by atoms with Crippen LogP contribution in [0.4, 0.5) is 5.13 Å². The van der Waals surface area contributed by atoms with Gasteiger partial charge in [0.25, 0.3) is 0 Å². The second kappa shape index (κ2) is 7.06. The monoisotopic (exact) mass is 352 g/mol. The number of guanidine groups is 1. The van der Waals surface area contributed by atoms with Gasteiger partial charge in [0.05, 0.1) is 12.1 Å². The quantitative estimate of drug-likeness (QED) is 0.579. The fourth-order valence-corrected chi connectivity index (χ4v) is 3.75. The first-order valence-electron chi connectivity index (χ1n) is 8.33. The summed E-state index contributed by atoms with van der Waals surface area (Å²) in [6.07, 6.45) is 3.68. The third-order valence-corrected chi connectivity index (χ3v) is 5.28. The second-order valence-electron chi connectivity index (χ2n) is 5.95. The van der Waals surface area contributed by atoms with Crippen molar-refractivity contribution in [3.05, 3.63) is 53.7 Å². The van der Waals surface area contributed by atoms with Gasteiger partial charge in [-0.3, -0.25) is 4.98 Å². The topological polar surface area (TPSA) is 70.6 Å². The number of aromatic nitrogens is 2. The van der Waals surface area contributed by atoms with Crippen LogP contribution in [0.1, 0.15) is 5.56 Å². The first kappa shape index (κ1) is 15.8. The van der Waals surface area contributed by atoms with Crippen LogP contribution in [-0.4, -0.2) is 47.0 Å². The summed E-state index contributed by atoms with van der Waals surface area (Å²) < 4.78 is 0. The Balaban J connectivity index is 1.42. The van der Waals surface area contributed by atoms with Gasteiger partial charge in [-0.05, 0) is 17.7 Å². The van der Waals surface area contributed by atoms with E-state index in [1.54, 1.807) is 11.3 Å². The number of hydrogen-bond donors (Lipinski definition) is 1. The molecule has 0 spiro atoms. The van der Waals surface area contributed by atoms with Crippen molar-refractivity contribution in [2.75, 3.05) is 31.1 Å². The SMILES string of the molecule is NC(=NCc1ccnc2ccccc12)N1CCN(c2nccs2)CC1. The number of fused-ring (bicyclic) bond motifs is 1. The molecule has 6 nitrogen and oxygen atoms in total. The van der Waals surface area contributed by atoms with Crippen LogP contribution in [0.3, 0.4) is 0 Å². The van der Waals surface area contributed by atoms with Crippen LogP contribution in [0.2, 0.25) is 0 Å². The number of benzene rings is 1. The Morgan fingerprint density at radius 2 is 1.92 bits per heavy atom. The molecule has 128 valence electrons. The molecule has 0 amide bonds. The van der Waals surface area contributed by atoms with Gasteiger partial charge in [-0.25, -0.2) is 9.98 Å². The molecule has 2 aromatic heterocycles. The number of para-hydroxylation sites is 1. The first-order chi connectivity index (χ1) is 12.3. The third kappa shape index (κ3) is 3.41. The molecule has 0 saturated carbocycles. The highest BCUT2D eigenvalue weighted by atomic mass is 32.1. The van der Waals surface area contributed by atoms with Crippen LogP contribution in [-0.2, 0) is 6.54 Å². The number of rotatable bonds is 3. The molecular weight excluding hydrogens is 332 g/mol. The van der Waals surface area contributed by atoms with E-state index in [1.807, 2.05) is 42.0 Å². The molecular formula is C18H20N6S. The smallest absolute Gasteiger partial charge is 0.191 e. The van der Waals surface area contributed by atoms with E-state index >= 15 is 0 Å². The maximum absolute atomic E-state index is 6.23. The summed E-state index contributed by atoms with van der Waals surface area (Å²) in [6.45, 7) is 4.14. The van der Waals surface area contributed by atoms with Crippen molar-refractivity contribution in [3.63, 3.8) is 0 Å². The van der Waals surface area contributed by atoms with Gasteiger partial charge < -0.3 is 15.5 Å². The maximum atomic E-state index is 6.23. The molecule has 2 N–H and O–H groups in total. The lowest BCUT2D eigenvalue weighted by atomic mass is 10.1. The van der Waals surface area contributed by atoms with E-state index in [9.17, 15) is 0 Å². The van der Waals surface area contributed by atoms with Crippen molar-refractivity contribution >= 4 is 33.3 Å². The zero-order valence-corrected chi connectivity index (χ0v) is 14.7. The normalized spacial score (nSPS) is 15.8. The molecule has 1 aliphatic rings. The Bertz CT molecular complexity index is 863. The molecule has 0 atom stereocenters. The lowest BCUT2D eigenvalue weighted by molar-refractivity contribution is 0.380. The molecule has 3 aromatic rings. The molecule has 1 saturated heterocycles. The number of aliphatic imine (C=N–C) groups is 1. The molecule has 0 unspecified atom stereocenters. The molecule has 0 radical (unpaired) electrons. The first-order valence-corrected chi connectivity index (χ1v) is 9.21. The molecule has 1 aromatic carbocycles. The van der Waals surface area contributed by atoms with E-state index in [1.165, 1.54) is 0 Å². The Labute approximate surface area is 150 Å². The lowest BCUT2D eigenvalue weighted by Gasteiger charge is -2.35. The van der Waals surface area contributed by atoms with Gasteiger partial charge in [-0.15, -0.1) is 11.3 Å². The van der Waals surface area contributed by atoms with Crippen molar-refractivity contribution in [3.8, 4) is 0 Å². The minimum Gasteiger partial charge on any atom is -0.370 e. The molecule has 4 rings (SSSR count). The van der Waals surface area contributed by atoms with Crippen LogP contribution in [0.25, 0.3) is 10.9 Å². The van der Waals surface area contributed by atoms with Crippen molar-refractivity contribution in [2.45, 2.75) is 6.54 Å². The van der Waals surface area contributed by atoms with Gasteiger partial charge in [0.2, 0.25) is 0 Å². The van der Waals surface area contributed by atoms with Crippen LogP contribution in [0, 0.1) is 0 Å². The number of thiazole rings is 1. The van der Waals surface area contributed by atoms with Crippen molar-refractivity contribution in [1.82, 2.24) is 14.9 Å². The highest BCUT2D eigenvalue weighted by molar-refractivity contribution is 7.13. The minimum atomic E-state index is 0.571. The third-order valence-electron chi connectivity index (χ3n) is 4.44. The van der Waals surface area contributed by atoms with Crippen LogP contribution in [0.5, 0.6) is 0 Å². The Hall–Kier alpha value is -2.67. The van der Waals surface area contributed by atoms with E-state index < -0.39 is 0 Å². The summed E-state index contributed by atoms with van der Waals surface area (Å²) in [5, 5.41) is 4.23. The van der Waals surface area contributed by atoms with E-state index in [0.717, 1.165) is 47.8 Å². The summed E-state index contributed by atoms with van der Waals surface area (Å²) in [5.41, 5.74) is 8.37. The fraction of sp³-hybridized carbons (Fsp3) is 0.278. The Kier molecular flexibility index (Phi) is 4.47. The van der Waals surface area contributed by atoms with Gasteiger partial charge in [0, 0.05) is 49.3 Å². The summed E-state index contributed by atoms with van der Waals surface area (Å²) in [4.78, 5) is 17.8. The number of piperazine rings is 1. The molecule has 1 aliphatic heterocycles. The van der Waals surface area contributed by atoms with Crippen molar-refractivity contribution in [2.24, 2.45) is 10.7 Å². The van der Waals surface area contributed by atoms with Gasteiger partial charge in [-0.1, -0.05) is 18.2 Å². The number of nitrogens with two attached hydrogens (primary N) is 1. The molecule has 1 fully saturated rings. The van der Waals surface area contributed by atoms with Crippen LogP contribution in [0.15, 0.2) is 53.1 Å². The predicted octanol–water partition coefficient (Wildman–Crippen LogP) is 2.33. The maximum Gasteiger partial charge on any atom is 0.191 e. The molecule has 7 heteroatoms. The van der Waals surface area contributed by atoms with Gasteiger partial charge in [0.1, 0.15) is 0 Å². The van der Waals surface area contributed by atoms with E-state index in [0.29, 0.717) is 12.5 Å². The number of nitrogens with zero attached hydrogens (tertiary/aromatic N) is 5. The predicted molar refractivity (Wildman–Crippen MR) is 103 cm³/mol. The summed E-state index contributed by atoms with van der Waals surface area (Å²) in [6, 6.07) is 10.1. The molecule has 3 heterocycles. The minimum absolute atomic E-state index is 0.571. The molecule has 0 bridgehead atoms. The van der Waals surface area contributed by atoms with Crippen LogP contribution < -0.4 is 10.6 Å². The lowest BCUT2D eigenvalue weighted by Crippen LogP contribution is -2.51. The standard InChI is InChI=1S/C18H20N6S/c19-17(23-8-10-24(11-9-23)18-21-7-12-25-18)22-13-14-5-6-20-16-4-2-1-3-15(14)16/h1-7,12H,8-11,13H2,(H2,19,22). The fourth-order valence-electron chi connectivity index (χ4n) is 3.06. The number of pyridine rings is 1. The summed E-state index contributed by atoms with van der Waals surface area (Å²) in [5.74, 6) is 0.611. The summed E-state index contributed by atoms with van der Waals surface area (Å²) >= 11 is 1.68. The van der Waals surface area contributed by atoms with E-state index in [-0.39, 0.29) is 0 Å². The van der Waals surface area contributed by atoms with Crippen LogP contribution >= 0.6 is 11.3 Å². The van der Waals surface area contributed by atoms with E-state index in [2.05, 4.69) is 30.8 Å². The second-order valence-corrected chi connectivity index (χ2v) is 6.82. The Morgan fingerprint density at radius 1 is 1.08 bits per heavy atom. The van der Waals surface area contributed by atoms with Crippen molar-refractivity contribution < 1.29 is 0 Å². The molecule has 25 heavy (non-hydrogen) atoms. The highest BCUT2D eigenvalue weighted by Crippen LogP contribution is 2.19. The highest BCUT2D eigenvalue weighted by Gasteiger charge is 2.19. The average Bonchev–Trinajstić information content (AvgIpc) is 3.21. The number of hydrogen-bond acceptors (Lipinski definition) is 5. The van der Waals surface area contributed by atoms with E-state index in [4.69, 9.17) is 5.73 Å². The van der Waals surface area contributed by atoms with Crippen molar-refractivity contribution in [1.29, 1.82) is 0 Å². The molecule has 0 aliphatic carbocycles. The van der Waals surface area contributed by atoms with Gasteiger partial charge in [0.15, 0.2) is 11.1 Å². The number of anilines is 1. The zero-order valence-electron chi connectivity index (χ0n) is 13.9. The largest absolute Gasteiger partial charge is 0.370 e. The van der Waals surface area contributed by atoms with Gasteiger partial charge in [-0.2, -0.15) is 0 Å².